The largest absolute Gasteiger partial charge is 0.422 e. The van der Waals surface area contributed by atoms with Crippen molar-refractivity contribution in [2.75, 3.05) is 5.75 Å². The summed E-state index contributed by atoms with van der Waals surface area (Å²) in [4.78, 5) is 13.6. The molecule has 4 aromatic rings. The van der Waals surface area contributed by atoms with Crippen molar-refractivity contribution in [2.45, 2.75) is 33.0 Å². The van der Waals surface area contributed by atoms with E-state index in [1.807, 2.05) is 79.1 Å². The van der Waals surface area contributed by atoms with E-state index in [1.54, 1.807) is 0 Å². The molecule has 6 nitrogen and oxygen atoms in total. The van der Waals surface area contributed by atoms with Gasteiger partial charge in [-0.2, -0.15) is 13.0 Å². The summed E-state index contributed by atoms with van der Waals surface area (Å²) in [5.41, 5.74) is 4.99. The Morgan fingerprint density at radius 3 is 2.00 bits per heavy atom. The van der Waals surface area contributed by atoms with Crippen molar-refractivity contribution in [3.8, 4) is 5.75 Å². The number of aromatic nitrogens is 1. The molecule has 0 saturated heterocycles. The SMILES string of the molecule is Cc1cc(CP)cc(C)c1OC(=O)c1c2ccccc2[n+](CCCS(=O)(=O)O)c2ccccc12. The van der Waals surface area contributed by atoms with Gasteiger partial charge >= 0.3 is 5.97 Å². The zero-order chi connectivity index (χ0) is 24.5. The molecular formula is C26H27NO5PS+. The topological polar surface area (TPSA) is 84.5 Å². The maximum Gasteiger partial charge on any atom is 0.345 e. The Kier molecular flexibility index (Phi) is 6.99. The quantitative estimate of drug-likeness (QED) is 0.0995. The third kappa shape index (κ3) is 4.97. The van der Waals surface area contributed by atoms with Gasteiger partial charge in [-0.15, -0.1) is 9.24 Å². The molecule has 176 valence electrons. The summed E-state index contributed by atoms with van der Waals surface area (Å²) < 4.78 is 39.6. The van der Waals surface area contributed by atoms with E-state index in [0.717, 1.165) is 44.7 Å². The smallest absolute Gasteiger partial charge is 0.345 e. The minimum absolute atomic E-state index is 0.238. The Morgan fingerprint density at radius 1 is 0.971 bits per heavy atom. The van der Waals surface area contributed by atoms with Crippen LogP contribution in [0.25, 0.3) is 21.8 Å². The molecule has 1 aromatic heterocycles. The first-order valence-corrected chi connectivity index (χ1v) is 13.4. The van der Waals surface area contributed by atoms with Crippen LogP contribution in [0.1, 0.15) is 33.5 Å². The number of nitrogens with zero attached hydrogens (tertiary/aromatic N) is 1. The number of hydrogen-bond acceptors (Lipinski definition) is 4. The lowest BCUT2D eigenvalue weighted by Crippen LogP contribution is -2.37. The van der Waals surface area contributed by atoms with Crippen LogP contribution in [-0.4, -0.2) is 24.7 Å². The molecule has 0 fully saturated rings. The van der Waals surface area contributed by atoms with Crippen molar-refractivity contribution in [2.24, 2.45) is 0 Å². The number of benzene rings is 3. The van der Waals surface area contributed by atoms with E-state index in [9.17, 15) is 13.2 Å². The number of aryl methyl sites for hydroxylation is 3. The number of fused-ring (bicyclic) bond motifs is 2. The summed E-state index contributed by atoms with van der Waals surface area (Å²) in [7, 11) is -1.36. The molecular weight excluding hydrogens is 469 g/mol. The number of ether oxygens (including phenoxy) is 1. The maximum absolute atomic E-state index is 13.6. The molecule has 0 radical (unpaired) electrons. The number of carbonyl (C=O) groups is 1. The highest BCUT2D eigenvalue weighted by Crippen LogP contribution is 2.30. The zero-order valence-corrected chi connectivity index (χ0v) is 21.1. The van der Waals surface area contributed by atoms with E-state index in [1.165, 1.54) is 0 Å². The number of para-hydroxylation sites is 2. The van der Waals surface area contributed by atoms with Crippen LogP contribution in [0.3, 0.4) is 0 Å². The second-order valence-corrected chi connectivity index (χ2v) is 10.3. The molecule has 0 saturated carbocycles. The minimum Gasteiger partial charge on any atom is -0.422 e. The van der Waals surface area contributed by atoms with Gasteiger partial charge < -0.3 is 4.74 Å². The molecule has 8 heteroatoms. The predicted octanol–water partition coefficient (Wildman–Crippen LogP) is 4.77. The molecule has 3 aromatic carbocycles. The van der Waals surface area contributed by atoms with Crippen LogP contribution in [0.15, 0.2) is 60.7 Å². The summed E-state index contributed by atoms with van der Waals surface area (Å²) in [6.45, 7) is 4.23. The zero-order valence-electron chi connectivity index (χ0n) is 19.1. The van der Waals surface area contributed by atoms with Gasteiger partial charge in [0.05, 0.1) is 22.1 Å². The number of carbonyl (C=O) groups excluding carboxylic acids is 1. The van der Waals surface area contributed by atoms with Crippen molar-refractivity contribution < 1.29 is 27.1 Å². The van der Waals surface area contributed by atoms with Gasteiger partial charge in [0, 0.05) is 18.6 Å². The van der Waals surface area contributed by atoms with E-state index in [2.05, 4.69) is 9.24 Å². The highest BCUT2D eigenvalue weighted by molar-refractivity contribution is 7.85. The van der Waals surface area contributed by atoms with Crippen LogP contribution in [0.2, 0.25) is 0 Å². The second kappa shape index (κ2) is 9.79. The van der Waals surface area contributed by atoms with Gasteiger partial charge in [0.15, 0.2) is 6.54 Å². The molecule has 0 bridgehead atoms. The highest BCUT2D eigenvalue weighted by Gasteiger charge is 2.26. The van der Waals surface area contributed by atoms with Gasteiger partial charge in [0.25, 0.3) is 10.1 Å². The summed E-state index contributed by atoms with van der Waals surface area (Å²) >= 11 is 0. The van der Waals surface area contributed by atoms with Crippen LogP contribution in [0, 0.1) is 13.8 Å². The Balaban J connectivity index is 1.85. The minimum atomic E-state index is -4.06. The highest BCUT2D eigenvalue weighted by atomic mass is 32.2. The standard InChI is InChI=1S/C26H26NO5PS/c1-17-14-19(16-33)15-18(2)25(17)32-26(28)24-20-8-3-5-10-22(20)27(12-7-13-34(29,30)31)23-11-6-4-9-21(23)24/h3-6,8-11,14-15H,7,12-13,16,33H2,1-2H3/p+1. The average Bonchev–Trinajstić information content (AvgIpc) is 2.80. The van der Waals surface area contributed by atoms with Gasteiger partial charge in [-0.1, -0.05) is 36.4 Å². The van der Waals surface area contributed by atoms with Gasteiger partial charge in [-0.05, 0) is 48.8 Å². The summed E-state index contributed by atoms with van der Waals surface area (Å²) in [5, 5.41) is 1.44. The first kappa shape index (κ1) is 24.3. The lowest BCUT2D eigenvalue weighted by molar-refractivity contribution is -0.645. The Labute approximate surface area is 201 Å². The first-order chi connectivity index (χ1) is 16.2. The molecule has 0 aliphatic carbocycles. The maximum atomic E-state index is 13.6. The molecule has 1 N–H and O–H groups in total. The fourth-order valence-corrected chi connectivity index (χ4v) is 5.17. The molecule has 0 amide bonds. The van der Waals surface area contributed by atoms with Crippen molar-refractivity contribution in [3.05, 3.63) is 82.9 Å². The Morgan fingerprint density at radius 2 is 1.50 bits per heavy atom. The van der Waals surface area contributed by atoms with Crippen molar-refractivity contribution >= 4 is 47.1 Å². The monoisotopic (exact) mass is 496 g/mol. The fourth-order valence-electron chi connectivity index (χ4n) is 4.44. The van der Waals surface area contributed by atoms with Crippen LogP contribution in [0.4, 0.5) is 0 Å². The summed E-state index contributed by atoms with van der Waals surface area (Å²) in [6.07, 6.45) is 1.06. The molecule has 1 unspecified atom stereocenters. The summed E-state index contributed by atoms with van der Waals surface area (Å²) in [6, 6.07) is 19.1. The molecule has 0 aliphatic rings. The van der Waals surface area contributed by atoms with Crippen molar-refractivity contribution in [3.63, 3.8) is 0 Å². The van der Waals surface area contributed by atoms with Gasteiger partial charge in [0.2, 0.25) is 11.0 Å². The van der Waals surface area contributed by atoms with Crippen LogP contribution >= 0.6 is 9.24 Å². The van der Waals surface area contributed by atoms with E-state index in [-0.39, 0.29) is 12.2 Å². The van der Waals surface area contributed by atoms with Gasteiger partial charge in [-0.3, -0.25) is 4.55 Å². The lowest BCUT2D eigenvalue weighted by atomic mass is 10.0. The normalized spacial score (nSPS) is 11.8. The van der Waals surface area contributed by atoms with Crippen molar-refractivity contribution in [1.82, 2.24) is 0 Å². The van der Waals surface area contributed by atoms with Gasteiger partial charge in [-0.25, -0.2) is 4.79 Å². The van der Waals surface area contributed by atoms with E-state index in [4.69, 9.17) is 9.29 Å². The molecule has 0 spiro atoms. The van der Waals surface area contributed by atoms with Crippen LogP contribution in [-0.2, 0) is 22.8 Å². The molecule has 34 heavy (non-hydrogen) atoms. The summed E-state index contributed by atoms with van der Waals surface area (Å²) in [5.74, 6) is -0.218. The van der Waals surface area contributed by atoms with Crippen LogP contribution in [0.5, 0.6) is 5.75 Å². The first-order valence-electron chi connectivity index (χ1n) is 11.0. The third-order valence-electron chi connectivity index (χ3n) is 5.87. The van der Waals surface area contributed by atoms with Crippen LogP contribution < -0.4 is 9.30 Å². The fraction of sp³-hybridized carbons (Fsp3) is 0.231. The van der Waals surface area contributed by atoms with E-state index >= 15 is 0 Å². The predicted molar refractivity (Wildman–Crippen MR) is 137 cm³/mol. The molecule has 1 atom stereocenters. The molecule has 0 aliphatic heterocycles. The van der Waals surface area contributed by atoms with E-state index < -0.39 is 16.1 Å². The average molecular weight is 497 g/mol. The number of esters is 1. The number of rotatable bonds is 7. The second-order valence-electron chi connectivity index (χ2n) is 8.35. The Hall–Kier alpha value is -2.86. The lowest BCUT2D eigenvalue weighted by Gasteiger charge is -2.15. The number of pyridine rings is 1. The third-order valence-corrected chi connectivity index (χ3v) is 7.14. The molecule has 4 rings (SSSR count). The van der Waals surface area contributed by atoms with Crippen molar-refractivity contribution in [1.29, 1.82) is 0 Å². The Bertz CT molecular complexity index is 1430. The number of hydrogen-bond donors (Lipinski definition) is 1. The van der Waals surface area contributed by atoms with E-state index in [0.29, 0.717) is 17.9 Å². The molecule has 1 heterocycles. The van der Waals surface area contributed by atoms with Gasteiger partial charge in [0.1, 0.15) is 5.75 Å².